The third-order valence-electron chi connectivity index (χ3n) is 2.31. The summed E-state index contributed by atoms with van der Waals surface area (Å²) in [7, 11) is -3.40. The minimum atomic E-state index is -4.75. The number of hydrogen-bond acceptors (Lipinski definition) is 3. The van der Waals surface area contributed by atoms with Gasteiger partial charge in [-0.05, 0) is 37.1 Å². The van der Waals surface area contributed by atoms with Crippen LogP contribution in [0.2, 0.25) is 0 Å². The zero-order valence-corrected chi connectivity index (χ0v) is 9.88. The van der Waals surface area contributed by atoms with Crippen LogP contribution < -0.4 is 9.46 Å². The Morgan fingerprint density at radius 2 is 1.72 bits per heavy atom. The van der Waals surface area contributed by atoms with Crippen molar-refractivity contribution >= 4 is 15.7 Å². The van der Waals surface area contributed by atoms with Crippen LogP contribution in [0.15, 0.2) is 24.3 Å². The van der Waals surface area contributed by atoms with Gasteiger partial charge in [0.2, 0.25) is 10.0 Å². The van der Waals surface area contributed by atoms with E-state index in [1.807, 2.05) is 0 Å². The van der Waals surface area contributed by atoms with Gasteiger partial charge in [0, 0.05) is 5.69 Å². The average molecular weight is 281 g/mol. The molecule has 0 bridgehead atoms. The van der Waals surface area contributed by atoms with E-state index >= 15 is 0 Å². The van der Waals surface area contributed by atoms with E-state index in [0.717, 1.165) is 12.1 Å². The third kappa shape index (κ3) is 3.52. The second-order valence-corrected chi connectivity index (χ2v) is 5.88. The first kappa shape index (κ1) is 13.0. The Balaban J connectivity index is 2.04. The van der Waals surface area contributed by atoms with Gasteiger partial charge in [-0.2, -0.15) is 0 Å². The van der Waals surface area contributed by atoms with E-state index in [9.17, 15) is 21.6 Å². The summed E-state index contributed by atoms with van der Waals surface area (Å²) in [5.41, 5.74) is 0.219. The van der Waals surface area contributed by atoms with Crippen molar-refractivity contribution in [2.75, 3.05) is 4.72 Å². The van der Waals surface area contributed by atoms with Gasteiger partial charge in [-0.25, -0.2) is 8.42 Å². The van der Waals surface area contributed by atoms with Crippen LogP contribution in [-0.2, 0) is 10.0 Å². The molecule has 1 aromatic carbocycles. The second-order valence-electron chi connectivity index (χ2n) is 3.92. The van der Waals surface area contributed by atoms with Gasteiger partial charge in [-0.3, -0.25) is 4.72 Å². The molecule has 1 N–H and O–H groups in total. The third-order valence-corrected chi connectivity index (χ3v) is 4.18. The van der Waals surface area contributed by atoms with Crippen LogP contribution in [0.5, 0.6) is 5.75 Å². The molecule has 0 atom stereocenters. The molecule has 0 radical (unpaired) electrons. The summed E-state index contributed by atoms with van der Waals surface area (Å²) in [5.74, 6) is -0.392. The summed E-state index contributed by atoms with van der Waals surface area (Å²) >= 11 is 0. The highest BCUT2D eigenvalue weighted by Crippen LogP contribution is 2.30. The number of halogens is 3. The zero-order valence-electron chi connectivity index (χ0n) is 9.07. The first-order valence-corrected chi connectivity index (χ1v) is 6.68. The molecule has 2 rings (SSSR count). The highest BCUT2D eigenvalue weighted by atomic mass is 32.2. The monoisotopic (exact) mass is 281 g/mol. The fourth-order valence-electron chi connectivity index (χ4n) is 1.35. The fourth-order valence-corrected chi connectivity index (χ4v) is 2.74. The van der Waals surface area contributed by atoms with E-state index in [-0.39, 0.29) is 10.9 Å². The number of hydrogen-bond donors (Lipinski definition) is 1. The van der Waals surface area contributed by atoms with E-state index in [4.69, 9.17) is 0 Å². The number of anilines is 1. The van der Waals surface area contributed by atoms with Crippen molar-refractivity contribution in [2.45, 2.75) is 24.5 Å². The number of nitrogens with one attached hydrogen (secondary N) is 1. The van der Waals surface area contributed by atoms with Crippen molar-refractivity contribution < 1.29 is 26.3 Å². The van der Waals surface area contributed by atoms with Crippen molar-refractivity contribution in [3.05, 3.63) is 24.3 Å². The largest absolute Gasteiger partial charge is 0.573 e. The van der Waals surface area contributed by atoms with Gasteiger partial charge in [-0.15, -0.1) is 13.2 Å². The molecule has 0 unspecified atom stereocenters. The van der Waals surface area contributed by atoms with E-state index in [1.165, 1.54) is 12.1 Å². The summed E-state index contributed by atoms with van der Waals surface area (Å²) < 4.78 is 64.8. The molecule has 0 aliphatic heterocycles. The first-order valence-electron chi connectivity index (χ1n) is 5.14. The van der Waals surface area contributed by atoms with Crippen molar-refractivity contribution in [1.29, 1.82) is 0 Å². The summed E-state index contributed by atoms with van der Waals surface area (Å²) in [6.45, 7) is 0. The van der Waals surface area contributed by atoms with Crippen LogP contribution in [0, 0.1) is 0 Å². The van der Waals surface area contributed by atoms with Crippen molar-refractivity contribution in [3.63, 3.8) is 0 Å². The van der Waals surface area contributed by atoms with Gasteiger partial charge in [0.15, 0.2) is 0 Å². The quantitative estimate of drug-likeness (QED) is 0.922. The van der Waals surface area contributed by atoms with E-state index in [0.29, 0.717) is 12.8 Å². The molecule has 18 heavy (non-hydrogen) atoms. The molecule has 0 spiro atoms. The van der Waals surface area contributed by atoms with Crippen LogP contribution in [0.1, 0.15) is 12.8 Å². The van der Waals surface area contributed by atoms with Crippen LogP contribution in [0.3, 0.4) is 0 Å². The van der Waals surface area contributed by atoms with E-state index < -0.39 is 22.1 Å². The fraction of sp³-hybridized carbons (Fsp3) is 0.400. The predicted molar refractivity (Wildman–Crippen MR) is 58.7 cm³/mol. The maximum Gasteiger partial charge on any atom is 0.573 e. The lowest BCUT2D eigenvalue weighted by Gasteiger charge is -2.10. The molecule has 100 valence electrons. The predicted octanol–water partition coefficient (Wildman–Crippen LogP) is 2.49. The van der Waals surface area contributed by atoms with Gasteiger partial charge in [0.25, 0.3) is 0 Å². The molecule has 0 amide bonds. The second kappa shape index (κ2) is 4.34. The number of benzene rings is 1. The van der Waals surface area contributed by atoms with Gasteiger partial charge in [0.1, 0.15) is 5.75 Å². The lowest BCUT2D eigenvalue weighted by atomic mass is 10.3. The SMILES string of the molecule is O=S(=O)(Nc1ccc(OC(F)(F)F)cc1)C1CC1. The number of sulfonamides is 1. The Kier molecular flexibility index (Phi) is 3.14. The molecule has 4 nitrogen and oxygen atoms in total. The molecular formula is C10H10F3NO3S. The number of ether oxygens (including phenoxy) is 1. The maximum absolute atomic E-state index is 11.9. The molecule has 0 saturated heterocycles. The van der Waals surface area contributed by atoms with Gasteiger partial charge >= 0.3 is 6.36 Å². The summed E-state index contributed by atoms with van der Waals surface area (Å²) in [4.78, 5) is 0. The Labute approximate surface area is 102 Å². The number of alkyl halides is 3. The van der Waals surface area contributed by atoms with Gasteiger partial charge in [0.05, 0.1) is 5.25 Å². The minimum absolute atomic E-state index is 0.219. The van der Waals surface area contributed by atoms with Gasteiger partial charge in [-0.1, -0.05) is 0 Å². The van der Waals surface area contributed by atoms with Crippen LogP contribution in [-0.4, -0.2) is 20.0 Å². The molecule has 1 saturated carbocycles. The summed E-state index contributed by atoms with van der Waals surface area (Å²) in [6.07, 6.45) is -3.52. The molecule has 0 heterocycles. The molecule has 1 aliphatic rings. The highest BCUT2D eigenvalue weighted by Gasteiger charge is 2.35. The van der Waals surface area contributed by atoms with E-state index in [2.05, 4.69) is 9.46 Å². The lowest BCUT2D eigenvalue weighted by molar-refractivity contribution is -0.274. The average Bonchev–Trinajstić information content (AvgIpc) is 3.01. The van der Waals surface area contributed by atoms with E-state index in [1.54, 1.807) is 0 Å². The normalized spacial score (nSPS) is 16.4. The molecule has 0 aromatic heterocycles. The molecule has 1 aliphatic carbocycles. The Hall–Kier alpha value is -1.44. The summed E-state index contributed by atoms with van der Waals surface area (Å²) in [5, 5.41) is -0.386. The number of rotatable bonds is 4. The molecular weight excluding hydrogens is 271 g/mol. The van der Waals surface area contributed by atoms with Crippen molar-refractivity contribution in [2.24, 2.45) is 0 Å². The van der Waals surface area contributed by atoms with Crippen LogP contribution in [0.4, 0.5) is 18.9 Å². The first-order chi connectivity index (χ1) is 8.26. The Morgan fingerprint density at radius 1 is 1.17 bits per heavy atom. The van der Waals surface area contributed by atoms with Crippen molar-refractivity contribution in [1.82, 2.24) is 0 Å². The van der Waals surface area contributed by atoms with Crippen LogP contribution in [0.25, 0.3) is 0 Å². The van der Waals surface area contributed by atoms with Gasteiger partial charge < -0.3 is 4.74 Å². The topological polar surface area (TPSA) is 55.4 Å². The summed E-state index contributed by atoms with van der Waals surface area (Å²) in [6, 6.07) is 4.55. The minimum Gasteiger partial charge on any atom is -0.406 e. The standard InChI is InChI=1S/C10H10F3NO3S/c11-10(12,13)17-8-3-1-7(2-4-8)14-18(15,16)9-5-6-9/h1-4,9,14H,5-6H2. The zero-order chi connectivity index (χ0) is 13.4. The highest BCUT2D eigenvalue weighted by molar-refractivity contribution is 7.93. The molecule has 8 heteroatoms. The Morgan fingerprint density at radius 3 is 2.17 bits per heavy atom. The lowest BCUT2D eigenvalue weighted by Crippen LogP contribution is -2.18. The van der Waals surface area contributed by atoms with Crippen LogP contribution >= 0.6 is 0 Å². The molecule has 1 aromatic rings. The smallest absolute Gasteiger partial charge is 0.406 e. The molecule has 1 fully saturated rings. The van der Waals surface area contributed by atoms with Crippen molar-refractivity contribution in [3.8, 4) is 5.75 Å². The maximum atomic E-state index is 11.9. The Bertz CT molecular complexity index is 520.